The maximum Gasteiger partial charge on any atom is 2.00 e. The summed E-state index contributed by atoms with van der Waals surface area (Å²) in [5.74, 6) is -3.58. The maximum absolute atomic E-state index is 13.6. The van der Waals surface area contributed by atoms with Crippen LogP contribution in [-0.2, 0) is 38.7 Å². The number of phenols is 2. The number of hydrogen-bond donors (Lipinski definition) is 2. The van der Waals surface area contributed by atoms with Gasteiger partial charge < -0.3 is 30.0 Å². The summed E-state index contributed by atoms with van der Waals surface area (Å²) in [6, 6.07) is 13.5. The first-order valence-corrected chi connectivity index (χ1v) is 14.9. The largest absolute Gasteiger partial charge is 2.00 e. The zero-order valence-corrected chi connectivity index (χ0v) is 29.1. The normalized spacial score (nSPS) is 11.6. The molecule has 4 rings (SSSR count). The molecule has 0 aliphatic carbocycles. The summed E-state index contributed by atoms with van der Waals surface area (Å²) in [6.45, 7) is 8.60. The Bertz CT molecular complexity index is 1760. The minimum Gasteiger partial charge on any atom is -0.550 e. The average Bonchev–Trinajstić information content (AvgIpc) is 2.97. The molecule has 15 heteroatoms. The van der Waals surface area contributed by atoms with Crippen molar-refractivity contribution in [2.75, 3.05) is 0 Å². The van der Waals surface area contributed by atoms with Gasteiger partial charge in [0, 0.05) is 40.9 Å². The van der Waals surface area contributed by atoms with Crippen molar-refractivity contribution in [1.82, 2.24) is 0 Å². The second-order valence-corrected chi connectivity index (χ2v) is 11.5. The zero-order chi connectivity index (χ0) is 38.1. The summed E-state index contributed by atoms with van der Waals surface area (Å²) in [4.78, 5) is 26.5. The average molecular weight is 764 g/mol. The summed E-state index contributed by atoms with van der Waals surface area (Å²) in [6.07, 6.45) is -6.99. The first-order chi connectivity index (χ1) is 23.0. The van der Waals surface area contributed by atoms with Gasteiger partial charge in [-0.1, -0.05) is 52.0 Å². The molecule has 0 aromatic heterocycles. The molecule has 1 radical (unpaired) electrons. The van der Waals surface area contributed by atoms with Crippen LogP contribution in [-0.4, -0.2) is 34.6 Å². The third-order valence-corrected chi connectivity index (χ3v) is 6.78. The number of aromatic hydroxyl groups is 2. The molecule has 0 fully saturated rings. The summed E-state index contributed by atoms with van der Waals surface area (Å²) in [5.41, 5.74) is -1.24. The van der Waals surface area contributed by atoms with Crippen molar-refractivity contribution in [3.8, 4) is 11.5 Å². The number of hydrogen-bond acceptors (Lipinski definition) is 8. The number of benzene rings is 4. The first-order valence-electron chi connectivity index (χ1n) is 14.9. The molecular weight excluding hydrogens is 729 g/mol. The fraction of sp³-hybridized carbons (Fsp3) is 0.278. The van der Waals surface area contributed by atoms with Gasteiger partial charge in [0.1, 0.15) is 11.5 Å². The van der Waals surface area contributed by atoms with Crippen LogP contribution in [0.4, 0.5) is 37.7 Å². The SMILES string of the molecule is CC(=O)[O-].CC(=O)[O-].CC(C)c1cc(C(F)(F)F)cc(C=Nc2cccc3cccc(N=Cc4cc(C(F)(F)F)cc(C(C)C)c4O)c23)c1O.[Co+2]. The van der Waals surface area contributed by atoms with Crippen molar-refractivity contribution in [3.05, 3.63) is 94.0 Å². The van der Waals surface area contributed by atoms with E-state index in [-0.39, 0.29) is 62.4 Å². The fourth-order valence-electron chi connectivity index (χ4n) is 4.56. The van der Waals surface area contributed by atoms with Crippen LogP contribution in [0.2, 0.25) is 0 Å². The Kier molecular flexibility index (Phi) is 15.9. The van der Waals surface area contributed by atoms with Gasteiger partial charge in [-0.05, 0) is 78.6 Å². The minimum absolute atomic E-state index is 0. The monoisotopic (exact) mass is 763 g/mol. The summed E-state index contributed by atoms with van der Waals surface area (Å²) >= 11 is 0. The van der Waals surface area contributed by atoms with Gasteiger partial charge in [0.05, 0.1) is 22.5 Å². The van der Waals surface area contributed by atoms with Gasteiger partial charge in [0.15, 0.2) is 0 Å². The van der Waals surface area contributed by atoms with E-state index in [2.05, 4.69) is 9.98 Å². The molecule has 4 aromatic rings. The molecule has 51 heavy (non-hydrogen) atoms. The van der Waals surface area contributed by atoms with Gasteiger partial charge in [-0.3, -0.25) is 9.98 Å². The third kappa shape index (κ3) is 12.7. The van der Waals surface area contributed by atoms with Crippen LogP contribution in [0.5, 0.6) is 11.5 Å². The Morgan fingerprint density at radius 1 is 0.667 bits per heavy atom. The Labute approximate surface area is 300 Å². The smallest absolute Gasteiger partial charge is 0.550 e. The molecule has 0 amide bonds. The molecule has 275 valence electrons. The van der Waals surface area contributed by atoms with E-state index in [0.29, 0.717) is 22.1 Å². The van der Waals surface area contributed by atoms with Crippen LogP contribution in [0.3, 0.4) is 0 Å². The first kappa shape index (κ1) is 44.1. The second-order valence-electron chi connectivity index (χ2n) is 11.5. The van der Waals surface area contributed by atoms with Crippen LogP contribution in [0.15, 0.2) is 70.6 Å². The van der Waals surface area contributed by atoms with Crippen molar-refractivity contribution in [3.63, 3.8) is 0 Å². The van der Waals surface area contributed by atoms with Crippen molar-refractivity contribution in [1.29, 1.82) is 0 Å². The molecule has 2 N–H and O–H groups in total. The molecule has 0 aliphatic heterocycles. The number of carbonyl (C=O) groups is 2. The van der Waals surface area contributed by atoms with E-state index in [1.54, 1.807) is 64.1 Å². The number of phenolic OH excluding ortho intramolecular Hbond substituents is 2. The predicted molar refractivity (Wildman–Crippen MR) is 174 cm³/mol. The van der Waals surface area contributed by atoms with Crippen LogP contribution in [0.1, 0.15) is 86.8 Å². The van der Waals surface area contributed by atoms with Gasteiger partial charge in [0.25, 0.3) is 0 Å². The number of alkyl halides is 6. The predicted octanol–water partition coefficient (Wildman–Crippen LogP) is 7.55. The van der Waals surface area contributed by atoms with Crippen LogP contribution in [0.25, 0.3) is 10.8 Å². The minimum atomic E-state index is -4.63. The summed E-state index contributed by atoms with van der Waals surface area (Å²) < 4.78 is 81.3. The number of halogens is 6. The molecule has 4 aromatic carbocycles. The Morgan fingerprint density at radius 3 is 1.25 bits per heavy atom. The van der Waals surface area contributed by atoms with Gasteiger partial charge >= 0.3 is 29.1 Å². The maximum atomic E-state index is 13.6. The van der Waals surface area contributed by atoms with E-state index >= 15 is 0 Å². The van der Waals surface area contributed by atoms with Crippen LogP contribution < -0.4 is 10.2 Å². The molecule has 8 nitrogen and oxygen atoms in total. The van der Waals surface area contributed by atoms with Gasteiger partial charge in [0.2, 0.25) is 0 Å². The van der Waals surface area contributed by atoms with Crippen molar-refractivity contribution >= 4 is 46.5 Å². The topological polar surface area (TPSA) is 145 Å². The zero-order valence-electron chi connectivity index (χ0n) is 28.1. The number of carboxylic acids is 2. The van der Waals surface area contributed by atoms with Crippen molar-refractivity contribution in [2.45, 2.75) is 65.7 Å². The molecule has 0 spiro atoms. The molecule has 0 saturated heterocycles. The molecule has 0 atom stereocenters. The Morgan fingerprint density at radius 2 is 0.980 bits per heavy atom. The Balaban J connectivity index is 0.00000131. The standard InChI is InChI=1S/C32H28F6N2O2.2C2H4O2.Co/c1-17(2)24-13-22(31(33,34)35)11-20(29(24)41)15-39-26-9-5-7-19-8-6-10-27(28(19)26)40-16-21-12-23(32(36,37)38)14-25(18(3)4)30(21)42;2*1-2(3)4;/h5-18,41-42H,1-4H3;2*1H3,(H,3,4);/q;;;+2/p-2. The quantitative estimate of drug-likeness (QED) is 0.153. The summed E-state index contributed by atoms with van der Waals surface area (Å²) in [7, 11) is 0. The molecular formula is C36H34CoF6N2O6. The molecule has 0 saturated carbocycles. The van der Waals surface area contributed by atoms with Gasteiger partial charge in [-0.25, -0.2) is 0 Å². The Hall–Kier alpha value is -4.89. The number of aliphatic carboxylic acids is 2. The fourth-order valence-corrected chi connectivity index (χ4v) is 4.56. The van der Waals surface area contributed by atoms with E-state index in [9.17, 15) is 36.6 Å². The van der Waals surface area contributed by atoms with Crippen molar-refractivity contribution in [2.24, 2.45) is 9.98 Å². The van der Waals surface area contributed by atoms with Crippen molar-refractivity contribution < 1.29 is 73.1 Å². The van der Waals surface area contributed by atoms with Crippen LogP contribution in [0, 0.1) is 0 Å². The second kappa shape index (κ2) is 18.4. The van der Waals surface area contributed by atoms with E-state index in [1.165, 1.54) is 0 Å². The summed E-state index contributed by atoms with van der Waals surface area (Å²) in [5, 5.41) is 40.3. The number of carboxylic acid groups (broad SMARTS) is 2. The molecule has 0 bridgehead atoms. The number of nitrogens with zero attached hydrogens (tertiary/aromatic N) is 2. The van der Waals surface area contributed by atoms with E-state index < -0.39 is 35.4 Å². The molecule has 0 aliphatic rings. The van der Waals surface area contributed by atoms with E-state index in [4.69, 9.17) is 19.8 Å². The van der Waals surface area contributed by atoms with Crippen LogP contribution >= 0.6 is 0 Å². The van der Waals surface area contributed by atoms with E-state index in [0.717, 1.165) is 50.5 Å². The molecule has 0 heterocycles. The number of rotatable bonds is 6. The third-order valence-electron chi connectivity index (χ3n) is 6.78. The molecule has 0 unspecified atom stereocenters. The van der Waals surface area contributed by atoms with Gasteiger partial charge in [-0.15, -0.1) is 0 Å². The number of carbonyl (C=O) groups excluding carboxylic acids is 2. The van der Waals surface area contributed by atoms with E-state index in [1.807, 2.05) is 0 Å². The van der Waals surface area contributed by atoms with Gasteiger partial charge in [-0.2, -0.15) is 26.3 Å². The number of aliphatic imine (C=N–C) groups is 2. The number of fused-ring (bicyclic) bond motifs is 1.